The normalized spacial score (nSPS) is 12.4. The van der Waals surface area contributed by atoms with E-state index in [2.05, 4.69) is 38.9 Å². The Morgan fingerprint density at radius 2 is 2.22 bits per heavy atom. The second kappa shape index (κ2) is 6.33. The SMILES string of the molecule is COc1ccccc1CC(NN)c1csc(Br)c1. The maximum atomic E-state index is 5.65. The fourth-order valence-electron chi connectivity index (χ4n) is 1.87. The van der Waals surface area contributed by atoms with Gasteiger partial charge in [0, 0.05) is 0 Å². The van der Waals surface area contributed by atoms with E-state index in [1.807, 2.05) is 18.2 Å². The van der Waals surface area contributed by atoms with E-state index in [0.717, 1.165) is 21.5 Å². The largest absolute Gasteiger partial charge is 0.496 e. The first-order valence-electron chi connectivity index (χ1n) is 5.56. The molecule has 0 amide bonds. The Hall–Kier alpha value is -0.880. The van der Waals surface area contributed by atoms with Crippen molar-refractivity contribution < 1.29 is 4.74 Å². The molecule has 3 nitrogen and oxygen atoms in total. The first kappa shape index (κ1) is 13.5. The lowest BCUT2D eigenvalue weighted by Gasteiger charge is -2.16. The summed E-state index contributed by atoms with van der Waals surface area (Å²) in [6.07, 6.45) is 0.795. The van der Waals surface area contributed by atoms with Crippen molar-refractivity contribution in [1.29, 1.82) is 0 Å². The highest BCUT2D eigenvalue weighted by Crippen LogP contribution is 2.29. The number of methoxy groups -OCH3 is 1. The minimum atomic E-state index is 0.0869. The molecule has 3 N–H and O–H groups in total. The first-order chi connectivity index (χ1) is 8.74. The van der Waals surface area contributed by atoms with Crippen LogP contribution >= 0.6 is 27.3 Å². The average molecular weight is 327 g/mol. The van der Waals surface area contributed by atoms with Gasteiger partial charge in [0.1, 0.15) is 5.75 Å². The zero-order chi connectivity index (χ0) is 13.0. The van der Waals surface area contributed by atoms with E-state index < -0.39 is 0 Å². The summed E-state index contributed by atoms with van der Waals surface area (Å²) in [5.74, 6) is 6.55. The van der Waals surface area contributed by atoms with Crippen molar-refractivity contribution in [3.8, 4) is 5.75 Å². The lowest BCUT2D eigenvalue weighted by molar-refractivity contribution is 0.405. The molecule has 2 rings (SSSR count). The third-order valence-electron chi connectivity index (χ3n) is 2.81. The predicted molar refractivity (Wildman–Crippen MR) is 78.8 cm³/mol. The van der Waals surface area contributed by atoms with Gasteiger partial charge < -0.3 is 4.74 Å². The highest BCUT2D eigenvalue weighted by atomic mass is 79.9. The molecule has 1 heterocycles. The van der Waals surface area contributed by atoms with Crippen molar-refractivity contribution in [2.24, 2.45) is 5.84 Å². The Labute approximate surface area is 119 Å². The predicted octanol–water partition coefficient (Wildman–Crippen LogP) is 3.27. The zero-order valence-corrected chi connectivity index (χ0v) is 12.4. The topological polar surface area (TPSA) is 47.3 Å². The molecule has 0 aliphatic rings. The number of hydrazine groups is 1. The van der Waals surface area contributed by atoms with Crippen LogP contribution in [0.3, 0.4) is 0 Å². The molecule has 5 heteroatoms. The third kappa shape index (κ3) is 3.11. The van der Waals surface area contributed by atoms with Gasteiger partial charge in [0.05, 0.1) is 16.9 Å². The summed E-state index contributed by atoms with van der Waals surface area (Å²) < 4.78 is 6.47. The van der Waals surface area contributed by atoms with E-state index in [4.69, 9.17) is 10.6 Å². The minimum Gasteiger partial charge on any atom is -0.496 e. The molecule has 18 heavy (non-hydrogen) atoms. The highest BCUT2D eigenvalue weighted by molar-refractivity contribution is 9.11. The summed E-state index contributed by atoms with van der Waals surface area (Å²) in [5, 5.41) is 2.10. The highest BCUT2D eigenvalue weighted by Gasteiger charge is 2.14. The van der Waals surface area contributed by atoms with Gasteiger partial charge in [-0.3, -0.25) is 11.3 Å². The zero-order valence-electron chi connectivity index (χ0n) is 10.0. The van der Waals surface area contributed by atoms with Crippen LogP contribution < -0.4 is 16.0 Å². The number of ether oxygens (including phenoxy) is 1. The fraction of sp³-hybridized carbons (Fsp3) is 0.231. The summed E-state index contributed by atoms with van der Waals surface area (Å²) in [7, 11) is 1.69. The molecule has 96 valence electrons. The monoisotopic (exact) mass is 326 g/mol. The Morgan fingerprint density at radius 1 is 1.44 bits per heavy atom. The number of halogens is 1. The Kier molecular flexibility index (Phi) is 4.77. The van der Waals surface area contributed by atoms with Gasteiger partial charge in [0.25, 0.3) is 0 Å². The number of rotatable bonds is 5. The van der Waals surface area contributed by atoms with Gasteiger partial charge in [-0.2, -0.15) is 0 Å². The number of para-hydroxylation sites is 1. The summed E-state index contributed by atoms with van der Waals surface area (Å²) in [4.78, 5) is 0. The van der Waals surface area contributed by atoms with E-state index in [-0.39, 0.29) is 6.04 Å². The summed E-state index contributed by atoms with van der Waals surface area (Å²) in [6, 6.07) is 10.2. The number of benzene rings is 1. The quantitative estimate of drug-likeness (QED) is 0.654. The summed E-state index contributed by atoms with van der Waals surface area (Å²) in [6.45, 7) is 0. The number of nitrogens with two attached hydrogens (primary N) is 1. The van der Waals surface area contributed by atoms with Gasteiger partial charge in [0.15, 0.2) is 0 Å². The van der Waals surface area contributed by atoms with Crippen LogP contribution in [-0.4, -0.2) is 7.11 Å². The third-order valence-corrected chi connectivity index (χ3v) is 4.33. The molecule has 0 aliphatic carbocycles. The van der Waals surface area contributed by atoms with Crippen LogP contribution in [0, 0.1) is 0 Å². The van der Waals surface area contributed by atoms with Crippen LogP contribution in [0.25, 0.3) is 0 Å². The molecule has 1 aromatic carbocycles. The smallest absolute Gasteiger partial charge is 0.122 e. The second-order valence-corrected chi connectivity index (χ2v) is 6.21. The van der Waals surface area contributed by atoms with Crippen molar-refractivity contribution >= 4 is 27.3 Å². The number of nitrogens with one attached hydrogen (secondary N) is 1. The molecule has 0 saturated carbocycles. The van der Waals surface area contributed by atoms with Crippen LogP contribution in [-0.2, 0) is 6.42 Å². The Balaban J connectivity index is 2.20. The first-order valence-corrected chi connectivity index (χ1v) is 7.24. The Morgan fingerprint density at radius 3 is 2.83 bits per heavy atom. The van der Waals surface area contributed by atoms with E-state index in [1.54, 1.807) is 18.4 Å². The van der Waals surface area contributed by atoms with E-state index in [9.17, 15) is 0 Å². The van der Waals surface area contributed by atoms with Crippen molar-refractivity contribution in [1.82, 2.24) is 5.43 Å². The molecule has 0 radical (unpaired) electrons. The van der Waals surface area contributed by atoms with Gasteiger partial charge in [-0.1, -0.05) is 18.2 Å². The molecule has 0 aliphatic heterocycles. The number of hydrogen-bond donors (Lipinski definition) is 2. The molecular weight excluding hydrogens is 312 g/mol. The van der Waals surface area contributed by atoms with Gasteiger partial charge in [-0.25, -0.2) is 0 Å². The van der Waals surface area contributed by atoms with Crippen molar-refractivity contribution in [2.45, 2.75) is 12.5 Å². The van der Waals surface area contributed by atoms with Gasteiger partial charge in [-0.05, 0) is 51.0 Å². The second-order valence-electron chi connectivity index (χ2n) is 3.92. The van der Waals surface area contributed by atoms with Crippen molar-refractivity contribution in [2.75, 3.05) is 7.11 Å². The summed E-state index contributed by atoms with van der Waals surface area (Å²) >= 11 is 5.13. The van der Waals surface area contributed by atoms with E-state index in [1.165, 1.54) is 5.56 Å². The molecule has 0 fully saturated rings. The number of thiophene rings is 1. The molecule has 0 spiro atoms. The average Bonchev–Trinajstić information content (AvgIpc) is 2.83. The molecular formula is C13H15BrN2OS. The van der Waals surface area contributed by atoms with E-state index >= 15 is 0 Å². The Bertz CT molecular complexity index is 515. The van der Waals surface area contributed by atoms with Crippen LogP contribution in [0.5, 0.6) is 5.75 Å². The summed E-state index contributed by atoms with van der Waals surface area (Å²) in [5.41, 5.74) is 5.19. The van der Waals surface area contributed by atoms with Crippen LogP contribution in [0.15, 0.2) is 39.5 Å². The van der Waals surface area contributed by atoms with Crippen LogP contribution in [0.2, 0.25) is 0 Å². The number of hydrogen-bond acceptors (Lipinski definition) is 4. The molecule has 1 aromatic heterocycles. The van der Waals surface area contributed by atoms with Crippen molar-refractivity contribution in [3.05, 3.63) is 50.6 Å². The van der Waals surface area contributed by atoms with Gasteiger partial charge in [0.2, 0.25) is 0 Å². The lowest BCUT2D eigenvalue weighted by Crippen LogP contribution is -2.29. The van der Waals surface area contributed by atoms with Crippen molar-refractivity contribution in [3.63, 3.8) is 0 Å². The van der Waals surface area contributed by atoms with E-state index in [0.29, 0.717) is 0 Å². The minimum absolute atomic E-state index is 0.0869. The maximum absolute atomic E-state index is 5.65. The fourth-order valence-corrected chi connectivity index (χ4v) is 3.10. The maximum Gasteiger partial charge on any atom is 0.122 e. The molecule has 0 saturated heterocycles. The van der Waals surface area contributed by atoms with Gasteiger partial charge >= 0.3 is 0 Å². The van der Waals surface area contributed by atoms with Gasteiger partial charge in [-0.15, -0.1) is 11.3 Å². The lowest BCUT2D eigenvalue weighted by atomic mass is 10.0. The molecule has 1 unspecified atom stereocenters. The molecule has 2 aromatic rings. The van der Waals surface area contributed by atoms with Crippen LogP contribution in [0.1, 0.15) is 17.2 Å². The van der Waals surface area contributed by atoms with Crippen LogP contribution in [0.4, 0.5) is 0 Å². The molecule has 1 atom stereocenters. The standard InChI is InChI=1S/C13H15BrN2OS/c1-17-12-5-3-2-4-9(12)6-11(16-15)10-7-13(14)18-8-10/h2-5,7-8,11,16H,6,15H2,1H3. The molecule has 0 bridgehead atoms.